The fraction of sp³-hybridized carbons (Fsp3) is 0.429. The van der Waals surface area contributed by atoms with Crippen LogP contribution in [0.3, 0.4) is 0 Å². The van der Waals surface area contributed by atoms with E-state index in [1.807, 2.05) is 24.4 Å². The largest absolute Gasteiger partial charge is 0.252 e. The van der Waals surface area contributed by atoms with Crippen LogP contribution in [0.25, 0.3) is 0 Å². The molecule has 0 saturated carbocycles. The second kappa shape index (κ2) is 5.36. The van der Waals surface area contributed by atoms with Crippen LogP contribution >= 0.6 is 0 Å². The Kier molecular flexibility index (Phi) is 3.56. The minimum absolute atomic E-state index is 0.0190. The molecular weight excluding hydrogens is 274 g/mol. The average Bonchev–Trinajstić information content (AvgIpc) is 3.04. The van der Waals surface area contributed by atoms with Gasteiger partial charge in [-0.2, -0.15) is 0 Å². The second-order valence-electron chi connectivity index (χ2n) is 5.24. The highest BCUT2D eigenvalue weighted by Crippen LogP contribution is 2.26. The van der Waals surface area contributed by atoms with Gasteiger partial charge in [-0.3, -0.25) is 4.68 Å². The Morgan fingerprint density at radius 1 is 1.25 bits per heavy atom. The van der Waals surface area contributed by atoms with Gasteiger partial charge in [0.15, 0.2) is 9.84 Å². The van der Waals surface area contributed by atoms with E-state index < -0.39 is 9.84 Å². The molecule has 0 amide bonds. The van der Waals surface area contributed by atoms with E-state index in [4.69, 9.17) is 0 Å². The van der Waals surface area contributed by atoms with Crippen LogP contribution in [0.1, 0.15) is 23.6 Å². The van der Waals surface area contributed by atoms with Crippen molar-refractivity contribution in [2.45, 2.75) is 25.3 Å². The molecule has 0 spiro atoms. The zero-order valence-electron chi connectivity index (χ0n) is 11.1. The molecule has 1 atom stereocenters. The first-order valence-corrected chi connectivity index (χ1v) is 8.59. The van der Waals surface area contributed by atoms with Crippen molar-refractivity contribution in [2.24, 2.45) is 0 Å². The third-order valence-electron chi connectivity index (χ3n) is 3.68. The van der Waals surface area contributed by atoms with E-state index >= 15 is 0 Å². The SMILES string of the molecule is O=S1(=O)CCC(c2cn(CCc3ccccc3)nn2)C1. The number of hydrogen-bond donors (Lipinski definition) is 0. The Labute approximate surface area is 118 Å². The molecule has 3 rings (SSSR count). The molecular formula is C14H17N3O2S. The first-order chi connectivity index (χ1) is 9.62. The summed E-state index contributed by atoms with van der Waals surface area (Å²) in [6.45, 7) is 0.760. The summed E-state index contributed by atoms with van der Waals surface area (Å²) in [6.07, 6.45) is 3.45. The fourth-order valence-corrected chi connectivity index (χ4v) is 4.29. The molecule has 1 aromatic heterocycles. The van der Waals surface area contributed by atoms with Crippen LogP contribution in [-0.2, 0) is 22.8 Å². The summed E-state index contributed by atoms with van der Waals surface area (Å²) in [4.78, 5) is 0. The average molecular weight is 291 g/mol. The fourth-order valence-electron chi connectivity index (χ4n) is 2.53. The van der Waals surface area contributed by atoms with Crippen LogP contribution < -0.4 is 0 Å². The molecule has 0 aliphatic carbocycles. The molecule has 0 bridgehead atoms. The van der Waals surface area contributed by atoms with Gasteiger partial charge in [0.1, 0.15) is 0 Å². The number of hydrogen-bond acceptors (Lipinski definition) is 4. The summed E-state index contributed by atoms with van der Waals surface area (Å²) >= 11 is 0. The molecule has 1 fully saturated rings. The molecule has 106 valence electrons. The second-order valence-corrected chi connectivity index (χ2v) is 7.47. The quantitative estimate of drug-likeness (QED) is 0.854. The molecule has 2 aromatic rings. The number of aryl methyl sites for hydroxylation is 2. The maximum absolute atomic E-state index is 11.5. The zero-order valence-corrected chi connectivity index (χ0v) is 12.0. The summed E-state index contributed by atoms with van der Waals surface area (Å²) in [6, 6.07) is 10.2. The number of nitrogens with zero attached hydrogens (tertiary/aromatic N) is 3. The van der Waals surface area contributed by atoms with E-state index in [1.54, 1.807) is 4.68 Å². The van der Waals surface area contributed by atoms with Crippen molar-refractivity contribution in [1.29, 1.82) is 0 Å². The lowest BCUT2D eigenvalue weighted by atomic mass is 10.1. The molecule has 6 heteroatoms. The molecule has 1 unspecified atom stereocenters. The van der Waals surface area contributed by atoms with Gasteiger partial charge in [0.2, 0.25) is 0 Å². The van der Waals surface area contributed by atoms with Gasteiger partial charge in [0.05, 0.1) is 17.2 Å². The first-order valence-electron chi connectivity index (χ1n) is 6.77. The van der Waals surface area contributed by atoms with Gasteiger partial charge in [-0.1, -0.05) is 35.5 Å². The van der Waals surface area contributed by atoms with Crippen LogP contribution in [0.15, 0.2) is 36.5 Å². The number of aromatic nitrogens is 3. The van der Waals surface area contributed by atoms with Crippen molar-refractivity contribution in [3.8, 4) is 0 Å². The van der Waals surface area contributed by atoms with E-state index in [1.165, 1.54) is 5.56 Å². The predicted molar refractivity (Wildman–Crippen MR) is 76.2 cm³/mol. The predicted octanol–water partition coefficient (Wildman–Crippen LogP) is 1.42. The minimum Gasteiger partial charge on any atom is -0.252 e. The zero-order chi connectivity index (χ0) is 14.0. The molecule has 1 aliphatic rings. The van der Waals surface area contributed by atoms with Gasteiger partial charge in [-0.25, -0.2) is 8.42 Å². The van der Waals surface area contributed by atoms with Gasteiger partial charge in [-0.05, 0) is 18.4 Å². The van der Waals surface area contributed by atoms with Crippen LogP contribution in [-0.4, -0.2) is 34.9 Å². The van der Waals surface area contributed by atoms with E-state index in [-0.39, 0.29) is 17.4 Å². The summed E-state index contributed by atoms with van der Waals surface area (Å²) < 4.78 is 24.8. The lowest BCUT2D eigenvalue weighted by Crippen LogP contribution is -2.04. The Morgan fingerprint density at radius 2 is 2.05 bits per heavy atom. The number of benzene rings is 1. The van der Waals surface area contributed by atoms with Crippen molar-refractivity contribution in [1.82, 2.24) is 15.0 Å². The highest BCUT2D eigenvalue weighted by Gasteiger charge is 2.30. The number of sulfone groups is 1. The van der Waals surface area contributed by atoms with Crippen LogP contribution in [0.2, 0.25) is 0 Å². The van der Waals surface area contributed by atoms with E-state index in [2.05, 4.69) is 22.4 Å². The lowest BCUT2D eigenvalue weighted by Gasteiger charge is -2.02. The normalized spacial score (nSPS) is 21.1. The smallest absolute Gasteiger partial charge is 0.151 e. The Hall–Kier alpha value is -1.69. The topological polar surface area (TPSA) is 64.8 Å². The molecule has 0 N–H and O–H groups in total. The number of rotatable bonds is 4. The molecule has 1 aliphatic heterocycles. The van der Waals surface area contributed by atoms with Gasteiger partial charge in [0.25, 0.3) is 0 Å². The van der Waals surface area contributed by atoms with Crippen molar-refractivity contribution >= 4 is 9.84 Å². The third kappa shape index (κ3) is 3.07. The highest BCUT2D eigenvalue weighted by atomic mass is 32.2. The standard InChI is InChI=1S/C14H17N3O2S/c18-20(19)9-7-13(11-20)14-10-17(16-15-14)8-6-12-4-2-1-3-5-12/h1-5,10,13H,6-9,11H2. The Bertz CT molecular complexity index is 679. The molecule has 0 radical (unpaired) electrons. The van der Waals surface area contributed by atoms with Gasteiger partial charge in [-0.15, -0.1) is 5.10 Å². The Balaban J connectivity index is 1.63. The third-order valence-corrected chi connectivity index (χ3v) is 5.45. The van der Waals surface area contributed by atoms with Crippen molar-refractivity contribution < 1.29 is 8.42 Å². The van der Waals surface area contributed by atoms with Crippen molar-refractivity contribution in [3.63, 3.8) is 0 Å². The van der Waals surface area contributed by atoms with Crippen LogP contribution in [0.4, 0.5) is 0 Å². The van der Waals surface area contributed by atoms with Crippen LogP contribution in [0, 0.1) is 0 Å². The minimum atomic E-state index is -2.87. The highest BCUT2D eigenvalue weighted by molar-refractivity contribution is 7.91. The Morgan fingerprint density at radius 3 is 2.75 bits per heavy atom. The van der Waals surface area contributed by atoms with Crippen molar-refractivity contribution in [2.75, 3.05) is 11.5 Å². The maximum Gasteiger partial charge on any atom is 0.151 e. The molecule has 5 nitrogen and oxygen atoms in total. The molecule has 1 aromatic carbocycles. The van der Waals surface area contributed by atoms with Crippen molar-refractivity contribution in [3.05, 3.63) is 47.8 Å². The summed E-state index contributed by atoms with van der Waals surface area (Å²) in [5.41, 5.74) is 2.06. The monoisotopic (exact) mass is 291 g/mol. The summed E-state index contributed by atoms with van der Waals surface area (Å²) in [5.74, 6) is 0.504. The molecule has 1 saturated heterocycles. The van der Waals surface area contributed by atoms with Gasteiger partial charge >= 0.3 is 0 Å². The van der Waals surface area contributed by atoms with Gasteiger partial charge in [0, 0.05) is 18.7 Å². The van der Waals surface area contributed by atoms with E-state index in [0.717, 1.165) is 18.7 Å². The first kappa shape index (κ1) is 13.3. The molecule has 20 heavy (non-hydrogen) atoms. The van der Waals surface area contributed by atoms with Gasteiger partial charge < -0.3 is 0 Å². The van der Waals surface area contributed by atoms with E-state index in [9.17, 15) is 8.42 Å². The van der Waals surface area contributed by atoms with Crippen LogP contribution in [0.5, 0.6) is 0 Å². The maximum atomic E-state index is 11.5. The lowest BCUT2D eigenvalue weighted by molar-refractivity contribution is 0.589. The summed E-state index contributed by atoms with van der Waals surface area (Å²) in [7, 11) is -2.87. The summed E-state index contributed by atoms with van der Waals surface area (Å²) in [5, 5.41) is 8.22. The molecule has 2 heterocycles. The van der Waals surface area contributed by atoms with E-state index in [0.29, 0.717) is 6.42 Å².